The second-order valence-corrected chi connectivity index (χ2v) is 5.15. The molecular weight excluding hydrogens is 262 g/mol. The highest BCUT2D eigenvalue weighted by Crippen LogP contribution is 2.10. The Morgan fingerprint density at radius 3 is 2.19 bits per heavy atom. The van der Waals surface area contributed by atoms with E-state index in [1.807, 2.05) is 32.0 Å². The summed E-state index contributed by atoms with van der Waals surface area (Å²) in [7, 11) is 1.75. The Balaban J connectivity index is 0.000000286. The second kappa shape index (κ2) is 12.2. The molecule has 0 saturated carbocycles. The predicted octanol–water partition coefficient (Wildman–Crippen LogP) is 3.86. The molecule has 1 aliphatic rings. The van der Waals surface area contributed by atoms with Crippen LogP contribution in [0.3, 0.4) is 0 Å². The number of allylic oxidation sites excluding steroid dienone is 1. The van der Waals surface area contributed by atoms with Gasteiger partial charge in [0.2, 0.25) is 5.91 Å². The number of hydrogen-bond acceptors (Lipinski definition) is 2. The van der Waals surface area contributed by atoms with E-state index in [1.54, 1.807) is 7.11 Å². The van der Waals surface area contributed by atoms with Gasteiger partial charge in [-0.2, -0.15) is 0 Å². The minimum absolute atomic E-state index is 0.0417. The molecule has 1 aliphatic carbocycles. The van der Waals surface area contributed by atoms with Gasteiger partial charge in [-0.15, -0.1) is 0 Å². The van der Waals surface area contributed by atoms with E-state index in [-0.39, 0.29) is 11.8 Å². The molecule has 0 aromatic heterocycles. The highest BCUT2D eigenvalue weighted by Gasteiger charge is 2.04. The molecule has 1 aromatic rings. The third-order valence-corrected chi connectivity index (χ3v) is 3.31. The summed E-state index contributed by atoms with van der Waals surface area (Å²) in [6.07, 6.45) is 7.90. The molecule has 21 heavy (non-hydrogen) atoms. The van der Waals surface area contributed by atoms with Crippen molar-refractivity contribution >= 4 is 5.91 Å². The predicted molar refractivity (Wildman–Crippen MR) is 89.0 cm³/mol. The number of amides is 1. The molecule has 3 heteroatoms. The summed E-state index contributed by atoms with van der Waals surface area (Å²) in [5.74, 6) is -0.164. The number of ether oxygens (including phenoxy) is 1. The number of hydrogen-bond donors (Lipinski definition) is 1. The lowest BCUT2D eigenvalue weighted by Gasteiger charge is -2.00. The Kier molecular flexibility index (Phi) is 11.2. The maximum absolute atomic E-state index is 10.2. The fourth-order valence-corrected chi connectivity index (χ4v) is 1.54. The summed E-state index contributed by atoms with van der Waals surface area (Å²) in [5, 5.41) is 0. The molecular formula is C18H29NO2. The summed E-state index contributed by atoms with van der Waals surface area (Å²) in [6, 6.07) is 10.3. The third kappa shape index (κ3) is 10.8. The number of methoxy groups -OCH3 is 1. The van der Waals surface area contributed by atoms with Crippen LogP contribution in [0.15, 0.2) is 42.5 Å². The zero-order valence-electron chi connectivity index (χ0n) is 13.7. The van der Waals surface area contributed by atoms with Gasteiger partial charge < -0.3 is 10.5 Å². The third-order valence-electron chi connectivity index (χ3n) is 3.31. The van der Waals surface area contributed by atoms with Gasteiger partial charge in [-0.05, 0) is 26.2 Å². The van der Waals surface area contributed by atoms with Crippen molar-refractivity contribution in [2.24, 2.45) is 11.7 Å². The summed E-state index contributed by atoms with van der Waals surface area (Å²) >= 11 is 0. The number of primary amides is 1. The van der Waals surface area contributed by atoms with Gasteiger partial charge in [0.25, 0.3) is 0 Å². The Bertz CT molecular complexity index is 399. The van der Waals surface area contributed by atoms with Crippen LogP contribution >= 0.6 is 0 Å². The first-order chi connectivity index (χ1) is 10.0. The van der Waals surface area contributed by atoms with Crippen molar-refractivity contribution in [3.63, 3.8) is 0 Å². The average Bonchev–Trinajstić information content (AvgIpc) is 3.02. The van der Waals surface area contributed by atoms with Gasteiger partial charge in [0.1, 0.15) is 0 Å². The van der Waals surface area contributed by atoms with E-state index in [4.69, 9.17) is 10.5 Å². The standard InChI is InChI=1S/C7H8.C6H10O.C5H11NO/c1-7-5-3-2-4-6-7;1-7-6-4-2-3-5-6;1-3-4(2)5(6)7/h2-6H,1H3;2,4,6H,3,5H2,1H3;4H,3H2,1-2H3,(H2,6,7). The Morgan fingerprint density at radius 2 is 2.00 bits per heavy atom. The van der Waals surface area contributed by atoms with E-state index < -0.39 is 0 Å². The van der Waals surface area contributed by atoms with Crippen LogP contribution in [0, 0.1) is 12.8 Å². The van der Waals surface area contributed by atoms with E-state index in [0.29, 0.717) is 6.10 Å². The molecule has 2 N–H and O–H groups in total. The molecule has 2 rings (SSSR count). The molecule has 2 atom stereocenters. The summed E-state index contributed by atoms with van der Waals surface area (Å²) in [4.78, 5) is 10.2. The van der Waals surface area contributed by atoms with Crippen molar-refractivity contribution in [2.45, 2.75) is 46.1 Å². The highest BCUT2D eigenvalue weighted by atomic mass is 16.5. The lowest BCUT2D eigenvalue weighted by atomic mass is 10.1. The molecule has 0 saturated heterocycles. The monoisotopic (exact) mass is 291 g/mol. The zero-order chi connectivity index (χ0) is 16.1. The van der Waals surface area contributed by atoms with Crippen LogP contribution in [-0.2, 0) is 9.53 Å². The van der Waals surface area contributed by atoms with Gasteiger partial charge in [-0.3, -0.25) is 4.79 Å². The molecule has 1 amide bonds. The number of rotatable bonds is 3. The maximum Gasteiger partial charge on any atom is 0.220 e. The molecule has 0 fully saturated rings. The number of aryl methyl sites for hydroxylation is 1. The highest BCUT2D eigenvalue weighted by molar-refractivity contribution is 5.76. The van der Waals surface area contributed by atoms with E-state index in [0.717, 1.165) is 6.42 Å². The van der Waals surface area contributed by atoms with Gasteiger partial charge >= 0.3 is 0 Å². The molecule has 0 bridgehead atoms. The van der Waals surface area contributed by atoms with Gasteiger partial charge in [0.15, 0.2) is 0 Å². The number of benzene rings is 1. The lowest BCUT2D eigenvalue weighted by molar-refractivity contribution is -0.121. The summed E-state index contributed by atoms with van der Waals surface area (Å²) in [6.45, 7) is 5.85. The van der Waals surface area contributed by atoms with E-state index >= 15 is 0 Å². The number of carbonyl (C=O) groups is 1. The minimum atomic E-state index is -0.206. The SMILES string of the molecule is CCC(C)C(N)=O.COC1C=CCC1.Cc1ccccc1. The molecule has 3 nitrogen and oxygen atoms in total. The smallest absolute Gasteiger partial charge is 0.220 e. The first-order valence-corrected chi connectivity index (χ1v) is 7.51. The average molecular weight is 291 g/mol. The van der Waals surface area contributed by atoms with Crippen LogP contribution in [0.2, 0.25) is 0 Å². The van der Waals surface area contributed by atoms with Crippen LogP contribution < -0.4 is 5.73 Å². The Morgan fingerprint density at radius 1 is 1.38 bits per heavy atom. The number of carbonyl (C=O) groups excluding carboxylic acids is 1. The molecule has 1 aromatic carbocycles. The fraction of sp³-hybridized carbons (Fsp3) is 0.500. The van der Waals surface area contributed by atoms with Crippen molar-refractivity contribution in [3.8, 4) is 0 Å². The van der Waals surface area contributed by atoms with Gasteiger partial charge in [-0.1, -0.05) is 61.9 Å². The molecule has 2 unspecified atom stereocenters. The van der Waals surface area contributed by atoms with Crippen LogP contribution in [0.1, 0.15) is 38.7 Å². The first kappa shape index (κ1) is 19.4. The van der Waals surface area contributed by atoms with E-state index in [1.165, 1.54) is 18.4 Å². The van der Waals surface area contributed by atoms with E-state index in [9.17, 15) is 4.79 Å². The number of nitrogens with two attached hydrogens (primary N) is 1. The topological polar surface area (TPSA) is 52.3 Å². The largest absolute Gasteiger partial charge is 0.377 e. The molecule has 0 aliphatic heterocycles. The second-order valence-electron chi connectivity index (χ2n) is 5.15. The molecule has 0 spiro atoms. The van der Waals surface area contributed by atoms with Gasteiger partial charge in [0, 0.05) is 13.0 Å². The summed E-state index contributed by atoms with van der Waals surface area (Å²) in [5.41, 5.74) is 6.23. The van der Waals surface area contributed by atoms with Crippen molar-refractivity contribution in [1.82, 2.24) is 0 Å². The van der Waals surface area contributed by atoms with Crippen LogP contribution in [0.25, 0.3) is 0 Å². The van der Waals surface area contributed by atoms with Gasteiger partial charge in [0.05, 0.1) is 6.10 Å². The fourth-order valence-electron chi connectivity index (χ4n) is 1.54. The zero-order valence-corrected chi connectivity index (χ0v) is 13.7. The lowest BCUT2D eigenvalue weighted by Crippen LogP contribution is -2.19. The van der Waals surface area contributed by atoms with Crippen molar-refractivity contribution in [1.29, 1.82) is 0 Å². The maximum atomic E-state index is 10.2. The van der Waals surface area contributed by atoms with Crippen LogP contribution in [0.4, 0.5) is 0 Å². The Labute approximate surface area is 129 Å². The Hall–Kier alpha value is -1.61. The van der Waals surface area contributed by atoms with E-state index in [2.05, 4.69) is 31.2 Å². The van der Waals surface area contributed by atoms with Gasteiger partial charge in [-0.25, -0.2) is 0 Å². The quantitative estimate of drug-likeness (QED) is 0.860. The normalized spacial score (nSPS) is 17.0. The van der Waals surface area contributed by atoms with Crippen LogP contribution in [-0.4, -0.2) is 19.1 Å². The van der Waals surface area contributed by atoms with Crippen molar-refractivity contribution in [3.05, 3.63) is 48.0 Å². The van der Waals surface area contributed by atoms with Crippen LogP contribution in [0.5, 0.6) is 0 Å². The molecule has 0 heterocycles. The van der Waals surface area contributed by atoms with Crippen molar-refractivity contribution in [2.75, 3.05) is 7.11 Å². The molecule has 118 valence electrons. The minimum Gasteiger partial charge on any atom is -0.377 e. The van der Waals surface area contributed by atoms with Crippen molar-refractivity contribution < 1.29 is 9.53 Å². The first-order valence-electron chi connectivity index (χ1n) is 7.51. The summed E-state index contributed by atoms with van der Waals surface area (Å²) < 4.78 is 5.02. The molecule has 0 radical (unpaired) electrons.